The molecule has 0 bridgehead atoms. The lowest BCUT2D eigenvalue weighted by Crippen LogP contribution is -2.26. The highest BCUT2D eigenvalue weighted by molar-refractivity contribution is 7.89. The van der Waals surface area contributed by atoms with E-state index in [0.717, 1.165) is 31.0 Å². The second kappa shape index (κ2) is 6.55. The van der Waals surface area contributed by atoms with Crippen LogP contribution in [0.4, 0.5) is 11.5 Å². The van der Waals surface area contributed by atoms with Crippen molar-refractivity contribution in [1.82, 2.24) is 9.71 Å². The molecular weight excluding hydrogens is 312 g/mol. The largest absolute Gasteiger partial charge is 0.380 e. The molecule has 1 aliphatic rings. The molecule has 7 heteroatoms. The smallest absolute Gasteiger partial charge is 0.241 e. The standard InChI is InChI=1S/C16H20N4O2S/c1-17-23(21,22)15-7-8-16(18-11-15)20-10-9-14(12-20)19-13-5-3-2-4-6-13/h2-8,11,14,17,19H,9-10,12H2,1H3. The Labute approximate surface area is 136 Å². The summed E-state index contributed by atoms with van der Waals surface area (Å²) in [5, 5.41) is 3.51. The number of pyridine rings is 1. The summed E-state index contributed by atoms with van der Waals surface area (Å²) < 4.78 is 25.7. The van der Waals surface area contributed by atoms with E-state index in [1.165, 1.54) is 13.2 Å². The van der Waals surface area contributed by atoms with Crippen molar-refractivity contribution in [3.8, 4) is 0 Å². The molecule has 6 nitrogen and oxygen atoms in total. The third kappa shape index (κ3) is 3.62. The molecule has 122 valence electrons. The Morgan fingerprint density at radius 2 is 1.96 bits per heavy atom. The van der Waals surface area contributed by atoms with Gasteiger partial charge >= 0.3 is 0 Å². The summed E-state index contributed by atoms with van der Waals surface area (Å²) >= 11 is 0. The van der Waals surface area contributed by atoms with E-state index in [4.69, 9.17) is 0 Å². The van der Waals surface area contributed by atoms with Crippen molar-refractivity contribution in [2.24, 2.45) is 0 Å². The summed E-state index contributed by atoms with van der Waals surface area (Å²) in [5.41, 5.74) is 1.11. The fraction of sp³-hybridized carbons (Fsp3) is 0.312. The molecule has 0 radical (unpaired) electrons. The number of hydrogen-bond acceptors (Lipinski definition) is 5. The second-order valence-corrected chi connectivity index (χ2v) is 7.39. The Morgan fingerprint density at radius 3 is 2.61 bits per heavy atom. The van der Waals surface area contributed by atoms with Crippen LogP contribution in [0, 0.1) is 0 Å². The Bertz CT molecular complexity index is 747. The predicted molar refractivity (Wildman–Crippen MR) is 91.2 cm³/mol. The van der Waals surface area contributed by atoms with Crippen LogP contribution in [0.3, 0.4) is 0 Å². The van der Waals surface area contributed by atoms with Gasteiger partial charge in [0.1, 0.15) is 10.7 Å². The van der Waals surface area contributed by atoms with E-state index in [1.807, 2.05) is 18.2 Å². The molecule has 1 unspecified atom stereocenters. The van der Waals surface area contributed by atoms with Crippen LogP contribution in [0.15, 0.2) is 53.6 Å². The first-order valence-corrected chi connectivity index (χ1v) is 9.03. The van der Waals surface area contributed by atoms with Crippen molar-refractivity contribution in [3.63, 3.8) is 0 Å². The van der Waals surface area contributed by atoms with Crippen molar-refractivity contribution < 1.29 is 8.42 Å². The van der Waals surface area contributed by atoms with Gasteiger partial charge in [0.05, 0.1) is 0 Å². The van der Waals surface area contributed by atoms with Crippen molar-refractivity contribution in [1.29, 1.82) is 0 Å². The molecule has 23 heavy (non-hydrogen) atoms. The molecule has 1 saturated heterocycles. The number of hydrogen-bond donors (Lipinski definition) is 2. The number of nitrogens with zero attached hydrogens (tertiary/aromatic N) is 2. The average molecular weight is 332 g/mol. The van der Waals surface area contributed by atoms with Gasteiger partial charge in [-0.15, -0.1) is 0 Å². The van der Waals surface area contributed by atoms with E-state index in [1.54, 1.807) is 12.1 Å². The first-order valence-electron chi connectivity index (χ1n) is 7.54. The van der Waals surface area contributed by atoms with Gasteiger partial charge in [-0.2, -0.15) is 0 Å². The molecule has 0 aliphatic carbocycles. The molecule has 2 aromatic rings. The van der Waals surface area contributed by atoms with Gasteiger partial charge in [-0.1, -0.05) is 18.2 Å². The van der Waals surface area contributed by atoms with Gasteiger partial charge in [-0.3, -0.25) is 0 Å². The average Bonchev–Trinajstić information content (AvgIpc) is 3.04. The van der Waals surface area contributed by atoms with Crippen LogP contribution < -0.4 is 14.9 Å². The van der Waals surface area contributed by atoms with Crippen LogP contribution in [0.5, 0.6) is 0 Å². The van der Waals surface area contributed by atoms with Crippen molar-refractivity contribution >= 4 is 21.5 Å². The molecule has 0 saturated carbocycles. The van der Waals surface area contributed by atoms with Gasteiger partial charge in [0.2, 0.25) is 10.0 Å². The molecule has 1 aromatic heterocycles. The van der Waals surface area contributed by atoms with Crippen LogP contribution in [0.25, 0.3) is 0 Å². The number of rotatable bonds is 5. The topological polar surface area (TPSA) is 74.3 Å². The van der Waals surface area contributed by atoms with Crippen molar-refractivity contribution in [3.05, 3.63) is 48.7 Å². The lowest BCUT2D eigenvalue weighted by atomic mass is 10.2. The van der Waals surface area contributed by atoms with Crippen LogP contribution in [-0.4, -0.2) is 39.6 Å². The lowest BCUT2D eigenvalue weighted by Gasteiger charge is -2.18. The zero-order valence-corrected chi connectivity index (χ0v) is 13.8. The van der Waals surface area contributed by atoms with E-state index < -0.39 is 10.0 Å². The molecule has 3 rings (SSSR count). The molecule has 0 spiro atoms. The van der Waals surface area contributed by atoms with Crippen LogP contribution in [0.1, 0.15) is 6.42 Å². The summed E-state index contributed by atoms with van der Waals surface area (Å²) in [6.07, 6.45) is 2.42. The fourth-order valence-electron chi connectivity index (χ4n) is 2.69. The zero-order chi connectivity index (χ0) is 16.3. The number of para-hydroxylation sites is 1. The van der Waals surface area contributed by atoms with E-state index in [9.17, 15) is 8.42 Å². The van der Waals surface area contributed by atoms with Crippen LogP contribution in [0.2, 0.25) is 0 Å². The molecule has 1 fully saturated rings. The second-order valence-electron chi connectivity index (χ2n) is 5.50. The van der Waals surface area contributed by atoms with E-state index in [-0.39, 0.29) is 4.90 Å². The van der Waals surface area contributed by atoms with Crippen molar-refractivity contribution in [2.45, 2.75) is 17.4 Å². The van der Waals surface area contributed by atoms with Crippen LogP contribution >= 0.6 is 0 Å². The minimum atomic E-state index is -3.43. The van der Waals surface area contributed by atoms with Gasteiger partial charge in [0, 0.05) is 31.0 Å². The molecule has 0 amide bonds. The SMILES string of the molecule is CNS(=O)(=O)c1ccc(N2CCC(Nc3ccccc3)C2)nc1. The highest BCUT2D eigenvalue weighted by atomic mass is 32.2. The lowest BCUT2D eigenvalue weighted by molar-refractivity contribution is 0.588. The molecule has 2 N–H and O–H groups in total. The minimum absolute atomic E-state index is 0.182. The number of sulfonamides is 1. The van der Waals surface area contributed by atoms with Gasteiger partial charge in [0.15, 0.2) is 0 Å². The summed E-state index contributed by atoms with van der Waals surface area (Å²) in [6.45, 7) is 1.75. The summed E-state index contributed by atoms with van der Waals surface area (Å²) in [4.78, 5) is 6.64. The third-order valence-electron chi connectivity index (χ3n) is 3.96. The molecule has 1 aliphatic heterocycles. The minimum Gasteiger partial charge on any atom is -0.380 e. The summed E-state index contributed by atoms with van der Waals surface area (Å²) in [7, 11) is -2.04. The maximum atomic E-state index is 11.7. The molecule has 2 heterocycles. The van der Waals surface area contributed by atoms with Crippen molar-refractivity contribution in [2.75, 3.05) is 30.4 Å². The van der Waals surface area contributed by atoms with Gasteiger partial charge in [-0.25, -0.2) is 18.1 Å². The summed E-state index contributed by atoms with van der Waals surface area (Å²) in [5.74, 6) is 0.803. The maximum absolute atomic E-state index is 11.7. The Kier molecular flexibility index (Phi) is 4.49. The number of benzene rings is 1. The van der Waals surface area contributed by atoms with Crippen LogP contribution in [-0.2, 0) is 10.0 Å². The number of aromatic nitrogens is 1. The van der Waals surface area contributed by atoms with E-state index in [0.29, 0.717) is 6.04 Å². The molecule has 1 aromatic carbocycles. The summed E-state index contributed by atoms with van der Waals surface area (Å²) in [6, 6.07) is 13.8. The predicted octanol–water partition coefficient (Wildman–Crippen LogP) is 1.68. The maximum Gasteiger partial charge on any atom is 0.241 e. The molecule has 1 atom stereocenters. The van der Waals surface area contributed by atoms with Gasteiger partial charge < -0.3 is 10.2 Å². The normalized spacial score (nSPS) is 18.1. The van der Waals surface area contributed by atoms with Gasteiger partial charge in [0.25, 0.3) is 0 Å². The number of nitrogens with one attached hydrogen (secondary N) is 2. The molecular formula is C16H20N4O2S. The number of anilines is 2. The van der Waals surface area contributed by atoms with E-state index in [2.05, 4.69) is 32.1 Å². The Morgan fingerprint density at radius 1 is 1.17 bits per heavy atom. The van der Waals surface area contributed by atoms with E-state index >= 15 is 0 Å². The monoisotopic (exact) mass is 332 g/mol. The Hall–Kier alpha value is -2.12. The fourth-order valence-corrected chi connectivity index (χ4v) is 3.37. The Balaban J connectivity index is 1.65. The first-order chi connectivity index (χ1) is 11.1. The van der Waals surface area contributed by atoms with Gasteiger partial charge in [-0.05, 0) is 37.7 Å². The first kappa shape index (κ1) is 15.8. The highest BCUT2D eigenvalue weighted by Gasteiger charge is 2.23. The quantitative estimate of drug-likeness (QED) is 0.871. The third-order valence-corrected chi connectivity index (χ3v) is 5.36. The zero-order valence-electron chi connectivity index (χ0n) is 12.9. The highest BCUT2D eigenvalue weighted by Crippen LogP contribution is 2.21.